The number of nitrogens with one attached hydrogen (secondary N) is 6. The van der Waals surface area contributed by atoms with E-state index in [9.17, 15) is 71.7 Å². The van der Waals surface area contributed by atoms with E-state index >= 15 is 0 Å². The molecule has 0 radical (unpaired) electrons. The number of ether oxygens (including phenoxy) is 1. The Bertz CT molecular complexity index is 5110. The van der Waals surface area contributed by atoms with Crippen LogP contribution < -0.4 is 41.9 Å². The summed E-state index contributed by atoms with van der Waals surface area (Å²) in [5, 5.41) is 39.9. The van der Waals surface area contributed by atoms with Crippen molar-refractivity contribution in [2.45, 2.75) is 45.3 Å². The van der Waals surface area contributed by atoms with E-state index in [2.05, 4.69) is 106 Å². The van der Waals surface area contributed by atoms with Gasteiger partial charge < -0.3 is 64.2 Å². The number of aromatic hydroxyl groups is 2. The van der Waals surface area contributed by atoms with Crippen LogP contribution in [0, 0.1) is 0 Å². The average molecular weight is 1930 g/mol. The van der Waals surface area contributed by atoms with Gasteiger partial charge in [0.1, 0.15) is 65.1 Å². The van der Waals surface area contributed by atoms with Crippen molar-refractivity contribution in [2.24, 2.45) is 10.2 Å². The second-order valence-corrected chi connectivity index (χ2v) is 34.1. The fourth-order valence-electron chi connectivity index (χ4n) is 9.66. The Balaban J connectivity index is 0.817. The van der Waals surface area contributed by atoms with Gasteiger partial charge in [-0.3, -0.25) is 9.59 Å². The highest BCUT2D eigenvalue weighted by Gasteiger charge is 2.22. The molecular formula is C68H54Br4Cl2N10O17S8-4. The van der Waals surface area contributed by atoms with Gasteiger partial charge in [0.25, 0.3) is 11.8 Å². The molecule has 0 bridgehead atoms. The van der Waals surface area contributed by atoms with Gasteiger partial charge in [0, 0.05) is 70.2 Å². The van der Waals surface area contributed by atoms with E-state index in [0.717, 1.165) is 48.6 Å². The molecule has 0 aliphatic heterocycles. The first-order chi connectivity index (χ1) is 51.3. The maximum absolute atomic E-state index is 13.2. The average Bonchev–Trinajstić information content (AvgIpc) is 0.836. The highest BCUT2D eigenvalue weighted by atomic mass is 79.9. The number of carbonyl (C=O) groups excluding carboxylic acids is 2. The number of amides is 2. The number of thiocarbonyl (C=S) groups is 4. The largest absolute Gasteiger partial charge is 0.744 e. The van der Waals surface area contributed by atoms with Crippen LogP contribution in [0.5, 0.6) is 11.5 Å². The molecule has 0 aliphatic rings. The molecule has 0 aromatic heterocycles. The van der Waals surface area contributed by atoms with E-state index in [-0.39, 0.29) is 103 Å². The van der Waals surface area contributed by atoms with Crippen LogP contribution in [-0.2, 0) is 54.8 Å². The summed E-state index contributed by atoms with van der Waals surface area (Å²) in [5.74, 6) is -1.37. The first kappa shape index (κ1) is 87.0. The van der Waals surface area contributed by atoms with Gasteiger partial charge in [-0.05, 0) is 256 Å². The summed E-state index contributed by atoms with van der Waals surface area (Å²) in [5.41, 5.74) is 6.08. The Morgan fingerprint density at radius 2 is 0.716 bits per heavy atom. The van der Waals surface area contributed by atoms with Gasteiger partial charge in [0.05, 0.1) is 59.9 Å². The lowest BCUT2D eigenvalue weighted by Gasteiger charge is -2.25. The molecule has 8 aromatic carbocycles. The highest BCUT2D eigenvalue weighted by molar-refractivity contribution is 9.11. The van der Waals surface area contributed by atoms with Crippen molar-refractivity contribution in [3.63, 3.8) is 0 Å². The second kappa shape index (κ2) is 39.0. The Kier molecular flexibility index (Phi) is 31.1. The number of phenols is 2. The molecule has 109 heavy (non-hydrogen) atoms. The fraction of sp³-hybridized carbons (Fsp3) is 0.118. The Labute approximate surface area is 690 Å². The van der Waals surface area contributed by atoms with E-state index in [1.54, 1.807) is 72.8 Å². The summed E-state index contributed by atoms with van der Waals surface area (Å²) in [6, 6.07) is 33.3. The summed E-state index contributed by atoms with van der Waals surface area (Å²) in [7, 11) is -20.9. The van der Waals surface area contributed by atoms with Crippen molar-refractivity contribution in [3.05, 3.63) is 207 Å². The molecule has 0 aliphatic carbocycles. The molecule has 2 amide bonds. The Morgan fingerprint density at radius 3 is 0.991 bits per heavy atom. The summed E-state index contributed by atoms with van der Waals surface area (Å²) in [6.07, 6.45) is 8.43. The molecule has 0 fully saturated rings. The number of hydrogen-bond donors (Lipinski definition) is 8. The molecule has 0 heterocycles. The van der Waals surface area contributed by atoms with E-state index in [1.807, 2.05) is 0 Å². The second-order valence-electron chi connectivity index (χ2n) is 22.6. The summed E-state index contributed by atoms with van der Waals surface area (Å²) < 4.78 is 159. The SMILES string of the molecule is O=C(CN(C(=S)Nc1ccc(/C=C/c2ccc(NC(=S)CCCOCCCC(=S)Nc3ccc(/C=C/c4ccc(NC(=S)N(CC(=O)N/N=C/c5cc(Br)c(O)c(Br)c5)c5ccc(Cl)cc5)cc4S(=O)(=O)[O-])c(S(=O)(=O)[O-])c3)cc2S(=O)(=O)[O-])c(S(=O)(=O)[O-])c1)c1ccc(Cl)cc1)N/N=C/c1cc(Br)c(O)c(Br)c1. The number of nitrogens with zero attached hydrogens (tertiary/aromatic N) is 4. The normalized spacial score (nSPS) is 12.0. The molecule has 27 nitrogen and oxygen atoms in total. The quantitative estimate of drug-likeness (QED) is 0.00517. The molecule has 572 valence electrons. The topological polar surface area (TPSA) is 416 Å². The smallest absolute Gasteiger partial charge is 0.260 e. The van der Waals surface area contributed by atoms with E-state index in [4.69, 9.17) is 76.8 Å². The molecule has 0 unspecified atom stereocenters. The van der Waals surface area contributed by atoms with E-state index in [0.29, 0.717) is 63.3 Å². The molecule has 8 aromatic rings. The van der Waals surface area contributed by atoms with Crippen molar-refractivity contribution in [3.8, 4) is 11.5 Å². The molecule has 0 atom stereocenters. The summed E-state index contributed by atoms with van der Waals surface area (Å²) in [6.45, 7) is -0.447. The van der Waals surface area contributed by atoms with Gasteiger partial charge in [0.2, 0.25) is 0 Å². The van der Waals surface area contributed by atoms with Gasteiger partial charge >= 0.3 is 0 Å². The number of hydrogen-bond acceptors (Lipinski definition) is 23. The van der Waals surface area contributed by atoms with E-state index < -0.39 is 85.0 Å². The number of halogens is 6. The predicted octanol–water partition coefficient (Wildman–Crippen LogP) is 13.9. The van der Waals surface area contributed by atoms with Crippen LogP contribution in [0.1, 0.15) is 59.1 Å². The third-order valence-corrected chi connectivity index (χ3v) is 22.5. The first-order valence-corrected chi connectivity index (χ1v) is 42.1. The lowest BCUT2D eigenvalue weighted by atomic mass is 10.1. The zero-order valence-corrected chi connectivity index (χ0v) is 69.7. The lowest BCUT2D eigenvalue weighted by molar-refractivity contribution is -0.120. The van der Waals surface area contributed by atoms with Gasteiger partial charge in [-0.1, -0.05) is 96.2 Å². The number of phenolic OH excluding ortho intramolecular Hbond substituents is 2. The maximum Gasteiger partial charge on any atom is 0.260 e. The standard InChI is InChI=1S/C68H58Br4Cl2N10O17S8/c69-53-27-39(28-54(70)65(53)87)35-75-81-61(85)37-83(51-21-13-45(73)14-22-51)67(104)79-49-19-11-43(59(33-49)108(95,96)97)7-5-41-9-17-47(31-57(41)106(89,90)91)77-63(102)3-1-25-101-26-2-4-64(103)78-48-18-10-42(58(32-48)107(92,93)94)6-8-44-12-20-50(34-60(44)109(98,99)100)80-68(105)84(52-23-15-46(74)16-24-52)38-62(86)82-76-36-40-29-55(71)66(88)56(72)30-40/h5-24,27-36,87-88H,1-4,25-26,37-38H2,(H,77,102)(H,78,103)(H,79,104)(H,80,105)(H,81,85)(H,82,86)(H,89,90,91)(H,92,93,94)(H,95,96,97)(H,98,99,100)/p-4/b7-5+,8-6+,75-35+,76-36+. The summed E-state index contributed by atoms with van der Waals surface area (Å²) >= 11 is 47.4. The van der Waals surface area contributed by atoms with Gasteiger partial charge in [-0.15, -0.1) is 0 Å². The van der Waals surface area contributed by atoms with Gasteiger partial charge in [0.15, 0.2) is 10.2 Å². The monoisotopic (exact) mass is 1920 g/mol. The number of hydrazone groups is 2. The molecule has 8 rings (SSSR count). The van der Waals surface area contributed by atoms with Crippen LogP contribution in [0.25, 0.3) is 24.3 Å². The van der Waals surface area contributed by atoms with Crippen LogP contribution in [0.2, 0.25) is 10.0 Å². The fourth-order valence-corrected chi connectivity index (χ4v) is 16.2. The Morgan fingerprint density at radius 1 is 0.440 bits per heavy atom. The third-order valence-electron chi connectivity index (χ3n) is 14.7. The number of carbonyl (C=O) groups is 2. The van der Waals surface area contributed by atoms with Crippen LogP contribution in [0.4, 0.5) is 34.1 Å². The zero-order valence-electron chi connectivity index (χ0n) is 55.3. The van der Waals surface area contributed by atoms with E-state index in [1.165, 1.54) is 70.8 Å². The highest BCUT2D eigenvalue weighted by Crippen LogP contribution is 2.36. The molecule has 0 saturated heterocycles. The molecule has 41 heteroatoms. The van der Waals surface area contributed by atoms with Crippen molar-refractivity contribution in [2.75, 3.05) is 57.4 Å². The van der Waals surface area contributed by atoms with Crippen molar-refractivity contribution < 1.29 is 76.4 Å². The van der Waals surface area contributed by atoms with Gasteiger partial charge in [-0.2, -0.15) is 10.2 Å². The van der Waals surface area contributed by atoms with Crippen LogP contribution in [0.15, 0.2) is 193 Å². The van der Waals surface area contributed by atoms with Crippen LogP contribution in [-0.4, -0.2) is 133 Å². The van der Waals surface area contributed by atoms with Crippen molar-refractivity contribution in [1.29, 1.82) is 0 Å². The van der Waals surface area contributed by atoms with Gasteiger partial charge in [-0.25, -0.2) is 44.5 Å². The zero-order chi connectivity index (χ0) is 79.7. The minimum atomic E-state index is -5.24. The molecule has 8 N–H and O–H groups in total. The molecule has 0 saturated carbocycles. The minimum Gasteiger partial charge on any atom is -0.744 e. The predicted molar refractivity (Wildman–Crippen MR) is 446 cm³/mol. The Hall–Kier alpha value is -7.62. The minimum absolute atomic E-state index is 0.00312. The first-order valence-electron chi connectivity index (χ1n) is 30.9. The molecule has 0 spiro atoms. The lowest BCUT2D eigenvalue weighted by Crippen LogP contribution is -2.41. The van der Waals surface area contributed by atoms with Crippen molar-refractivity contribution >= 4 is 279 Å². The van der Waals surface area contributed by atoms with Crippen LogP contribution >= 0.6 is 136 Å². The summed E-state index contributed by atoms with van der Waals surface area (Å²) in [4.78, 5) is 26.6. The number of anilines is 6. The third kappa shape index (κ3) is 26.3. The van der Waals surface area contributed by atoms with Crippen LogP contribution in [0.3, 0.4) is 0 Å². The number of benzene rings is 8. The molecular weight excluding hydrogens is 1880 g/mol. The number of rotatable bonds is 30. The maximum atomic E-state index is 13.2. The van der Waals surface area contributed by atoms with Crippen molar-refractivity contribution in [1.82, 2.24) is 10.9 Å².